The molecule has 0 saturated carbocycles. The highest BCUT2D eigenvalue weighted by atomic mass is 16.7. The molecule has 3 rings (SSSR count). The molecule has 1 aromatic rings. The number of carbonyl (C=O) groups is 1. The number of hydrogen-bond donors (Lipinski definition) is 2. The van der Waals surface area contributed by atoms with Crippen molar-refractivity contribution in [2.45, 2.75) is 58.3 Å². The number of fused-ring (bicyclic) bond motifs is 1. The van der Waals surface area contributed by atoms with Crippen LogP contribution >= 0.6 is 0 Å². The van der Waals surface area contributed by atoms with Crippen LogP contribution in [0.2, 0.25) is 0 Å². The number of rotatable bonds is 1. The molecule has 2 N–H and O–H groups in total. The van der Waals surface area contributed by atoms with E-state index in [9.17, 15) is 4.79 Å². The molecule has 1 fully saturated rings. The number of benzene rings is 1. The van der Waals surface area contributed by atoms with Gasteiger partial charge in [-0.1, -0.05) is 12.1 Å². The fraction of sp³-hybridized carbons (Fsp3) is 0.562. The van der Waals surface area contributed by atoms with E-state index < -0.39 is 7.12 Å². The molecule has 0 bridgehead atoms. The van der Waals surface area contributed by atoms with E-state index in [0.717, 1.165) is 16.8 Å². The van der Waals surface area contributed by atoms with E-state index in [0.29, 0.717) is 6.42 Å². The molecule has 2 aliphatic heterocycles. The smallest absolute Gasteiger partial charge is 0.399 e. The topological polar surface area (TPSA) is 59.6 Å². The molecule has 1 unspecified atom stereocenters. The van der Waals surface area contributed by atoms with Gasteiger partial charge in [0.15, 0.2) is 0 Å². The zero-order valence-electron chi connectivity index (χ0n) is 13.8. The summed E-state index contributed by atoms with van der Waals surface area (Å²) in [5.74, 6) is 0.0184. The minimum Gasteiger partial charge on any atom is -0.399 e. The summed E-state index contributed by atoms with van der Waals surface area (Å²) in [6.07, 6.45) is 0.442. The lowest BCUT2D eigenvalue weighted by Gasteiger charge is -2.32. The first-order valence-electron chi connectivity index (χ1n) is 7.74. The normalized spacial score (nSPS) is 26.0. The number of amides is 1. The molecule has 0 spiro atoms. The first-order valence-corrected chi connectivity index (χ1v) is 7.74. The SMILES string of the molecule is CC1CC(=O)Nc2cccc(B3OC(C)(C)C(C)(C)O3)c2N1. The van der Waals surface area contributed by atoms with Crippen LogP contribution in [0.3, 0.4) is 0 Å². The third-order valence-corrected chi connectivity index (χ3v) is 4.76. The van der Waals surface area contributed by atoms with Crippen LogP contribution < -0.4 is 16.1 Å². The van der Waals surface area contributed by atoms with Gasteiger partial charge >= 0.3 is 7.12 Å². The molecule has 118 valence electrons. The number of hydrogen-bond acceptors (Lipinski definition) is 4. The summed E-state index contributed by atoms with van der Waals surface area (Å²) in [5.41, 5.74) is 1.81. The average Bonchev–Trinajstić information content (AvgIpc) is 2.51. The molecule has 0 aromatic heterocycles. The van der Waals surface area contributed by atoms with Crippen LogP contribution in [0.4, 0.5) is 11.4 Å². The molecule has 0 radical (unpaired) electrons. The largest absolute Gasteiger partial charge is 0.497 e. The second-order valence-corrected chi connectivity index (χ2v) is 7.16. The van der Waals surface area contributed by atoms with Crippen LogP contribution in [0.15, 0.2) is 18.2 Å². The molecule has 5 nitrogen and oxygen atoms in total. The third-order valence-electron chi connectivity index (χ3n) is 4.76. The predicted octanol–water partition coefficient (Wildman–Crippen LogP) is 2.13. The maximum Gasteiger partial charge on any atom is 0.497 e. The zero-order valence-corrected chi connectivity index (χ0v) is 13.8. The standard InChI is InChI=1S/C16H23BN2O3/c1-10-9-13(20)19-12-8-6-7-11(14(12)18-10)17-21-15(2,3)16(4,5)22-17/h6-8,10,18H,9H2,1-5H3,(H,19,20). The lowest BCUT2D eigenvalue weighted by Crippen LogP contribution is -2.41. The number of nitrogens with one attached hydrogen (secondary N) is 2. The molecule has 6 heteroatoms. The van der Waals surface area contributed by atoms with Crippen LogP contribution in [-0.2, 0) is 14.1 Å². The average molecular weight is 302 g/mol. The van der Waals surface area contributed by atoms with Gasteiger partial charge in [-0.05, 0) is 40.7 Å². The summed E-state index contributed by atoms with van der Waals surface area (Å²) in [7, 11) is -0.449. The van der Waals surface area contributed by atoms with Gasteiger partial charge in [-0.25, -0.2) is 0 Å². The fourth-order valence-electron chi connectivity index (χ4n) is 2.78. The molecular formula is C16H23BN2O3. The van der Waals surface area contributed by atoms with Gasteiger partial charge in [-0.2, -0.15) is 0 Å². The highest BCUT2D eigenvalue weighted by Crippen LogP contribution is 2.38. The van der Waals surface area contributed by atoms with Crippen molar-refractivity contribution in [1.82, 2.24) is 0 Å². The minimum atomic E-state index is -0.449. The molecule has 1 aromatic carbocycles. The van der Waals surface area contributed by atoms with Crippen molar-refractivity contribution in [3.05, 3.63) is 18.2 Å². The Labute approximate surface area is 131 Å². The van der Waals surface area contributed by atoms with Crippen molar-refractivity contribution in [2.75, 3.05) is 10.6 Å². The summed E-state index contributed by atoms with van der Waals surface area (Å²) in [6, 6.07) is 5.85. The van der Waals surface area contributed by atoms with E-state index in [1.807, 2.05) is 52.8 Å². The van der Waals surface area contributed by atoms with Crippen LogP contribution in [0.5, 0.6) is 0 Å². The lowest BCUT2D eigenvalue weighted by atomic mass is 9.77. The fourth-order valence-corrected chi connectivity index (χ4v) is 2.78. The highest BCUT2D eigenvalue weighted by Gasteiger charge is 2.52. The van der Waals surface area contributed by atoms with E-state index in [2.05, 4.69) is 10.6 Å². The van der Waals surface area contributed by atoms with Gasteiger partial charge in [-0.15, -0.1) is 0 Å². The van der Waals surface area contributed by atoms with Gasteiger partial charge in [0.1, 0.15) is 0 Å². The Hall–Kier alpha value is -1.53. The Morgan fingerprint density at radius 1 is 1.18 bits per heavy atom. The molecule has 1 atom stereocenters. The van der Waals surface area contributed by atoms with Crippen molar-refractivity contribution >= 4 is 29.9 Å². The molecule has 22 heavy (non-hydrogen) atoms. The van der Waals surface area contributed by atoms with Crippen molar-refractivity contribution in [1.29, 1.82) is 0 Å². The van der Waals surface area contributed by atoms with Gasteiger partial charge in [0.25, 0.3) is 0 Å². The van der Waals surface area contributed by atoms with Gasteiger partial charge in [0, 0.05) is 17.9 Å². The molecule has 0 aliphatic carbocycles. The summed E-state index contributed by atoms with van der Waals surface area (Å²) in [5, 5.41) is 6.36. The highest BCUT2D eigenvalue weighted by molar-refractivity contribution is 6.64. The minimum absolute atomic E-state index is 0.0184. The van der Waals surface area contributed by atoms with Gasteiger partial charge in [0.2, 0.25) is 5.91 Å². The lowest BCUT2D eigenvalue weighted by molar-refractivity contribution is -0.116. The molecule has 2 heterocycles. The third kappa shape index (κ3) is 2.50. The zero-order chi connectivity index (χ0) is 16.1. The monoisotopic (exact) mass is 302 g/mol. The number of carbonyl (C=O) groups excluding carboxylic acids is 1. The van der Waals surface area contributed by atoms with Crippen LogP contribution in [0.1, 0.15) is 41.0 Å². The van der Waals surface area contributed by atoms with Crippen LogP contribution in [0.25, 0.3) is 0 Å². The van der Waals surface area contributed by atoms with E-state index >= 15 is 0 Å². The Morgan fingerprint density at radius 3 is 2.45 bits per heavy atom. The van der Waals surface area contributed by atoms with Crippen molar-refractivity contribution in [3.8, 4) is 0 Å². The van der Waals surface area contributed by atoms with Gasteiger partial charge in [0.05, 0.1) is 22.6 Å². The van der Waals surface area contributed by atoms with Crippen molar-refractivity contribution < 1.29 is 14.1 Å². The van der Waals surface area contributed by atoms with E-state index in [1.165, 1.54) is 0 Å². The Balaban J connectivity index is 2.00. The Bertz CT molecular complexity index is 599. The summed E-state index contributed by atoms with van der Waals surface area (Å²) in [4.78, 5) is 11.9. The van der Waals surface area contributed by atoms with Gasteiger partial charge in [-0.3, -0.25) is 4.79 Å². The number of para-hydroxylation sites is 1. The van der Waals surface area contributed by atoms with Crippen molar-refractivity contribution in [2.24, 2.45) is 0 Å². The molecular weight excluding hydrogens is 279 g/mol. The summed E-state index contributed by atoms with van der Waals surface area (Å²) < 4.78 is 12.3. The van der Waals surface area contributed by atoms with E-state index in [4.69, 9.17) is 9.31 Å². The van der Waals surface area contributed by atoms with E-state index in [1.54, 1.807) is 0 Å². The first kappa shape index (κ1) is 15.4. The van der Waals surface area contributed by atoms with Crippen molar-refractivity contribution in [3.63, 3.8) is 0 Å². The van der Waals surface area contributed by atoms with Crippen LogP contribution in [-0.4, -0.2) is 30.3 Å². The molecule has 2 aliphatic rings. The predicted molar refractivity (Wildman–Crippen MR) is 88.5 cm³/mol. The first-order chi connectivity index (χ1) is 10.2. The van der Waals surface area contributed by atoms with Crippen LogP contribution in [0, 0.1) is 0 Å². The molecule has 1 saturated heterocycles. The summed E-state index contributed by atoms with van der Waals surface area (Å²) >= 11 is 0. The maximum absolute atomic E-state index is 11.9. The maximum atomic E-state index is 11.9. The molecule has 1 amide bonds. The Kier molecular flexibility index (Phi) is 3.49. The Morgan fingerprint density at radius 2 is 1.82 bits per heavy atom. The second-order valence-electron chi connectivity index (χ2n) is 7.16. The van der Waals surface area contributed by atoms with E-state index in [-0.39, 0.29) is 23.2 Å². The van der Waals surface area contributed by atoms with Gasteiger partial charge < -0.3 is 19.9 Å². The number of anilines is 2. The second kappa shape index (κ2) is 5.00. The summed E-state index contributed by atoms with van der Waals surface area (Å²) in [6.45, 7) is 10.1. The quantitative estimate of drug-likeness (QED) is 0.780.